The molecule has 2 rings (SSSR count). The fraction of sp³-hybridized carbons (Fsp3) is 0.500. The van der Waals surface area contributed by atoms with Gasteiger partial charge in [-0.3, -0.25) is 4.98 Å². The van der Waals surface area contributed by atoms with Crippen LogP contribution in [0.5, 0.6) is 0 Å². The van der Waals surface area contributed by atoms with Gasteiger partial charge >= 0.3 is 12.0 Å². The van der Waals surface area contributed by atoms with E-state index in [-0.39, 0.29) is 6.03 Å². The van der Waals surface area contributed by atoms with Crippen molar-refractivity contribution >= 4 is 23.3 Å². The molecule has 2 heterocycles. The average molecular weight is 255 g/mol. The third-order valence-electron chi connectivity index (χ3n) is 2.70. The third kappa shape index (κ3) is 2.73. The topological polar surface area (TPSA) is 82.5 Å². The molecule has 1 aromatic heterocycles. The minimum atomic E-state index is -0.935. The molecule has 1 unspecified atom stereocenters. The molecule has 2 N–H and O–H groups in total. The first-order chi connectivity index (χ1) is 8.18. The summed E-state index contributed by atoms with van der Waals surface area (Å²) >= 11 is 1.45. The smallest absolute Gasteiger partial charge is 0.326 e. The van der Waals surface area contributed by atoms with Crippen molar-refractivity contribution in [2.24, 2.45) is 0 Å². The molecule has 17 heavy (non-hydrogen) atoms. The van der Waals surface area contributed by atoms with Crippen LogP contribution in [0.2, 0.25) is 0 Å². The van der Waals surface area contributed by atoms with Crippen LogP contribution in [-0.2, 0) is 11.3 Å². The minimum Gasteiger partial charge on any atom is -0.480 e. The Morgan fingerprint density at radius 2 is 2.47 bits per heavy atom. The molecule has 0 saturated carbocycles. The number of thiazole rings is 1. The second-order valence-electron chi connectivity index (χ2n) is 3.82. The zero-order valence-corrected chi connectivity index (χ0v) is 9.94. The number of aromatic nitrogens is 1. The number of carboxylic acids is 1. The Hall–Kier alpha value is -1.63. The van der Waals surface area contributed by atoms with Crippen LogP contribution in [0.4, 0.5) is 4.79 Å². The van der Waals surface area contributed by atoms with Gasteiger partial charge < -0.3 is 15.3 Å². The van der Waals surface area contributed by atoms with E-state index in [0.717, 1.165) is 11.3 Å². The van der Waals surface area contributed by atoms with E-state index >= 15 is 0 Å². The molecule has 1 aliphatic heterocycles. The van der Waals surface area contributed by atoms with Gasteiger partial charge in [-0.25, -0.2) is 9.59 Å². The van der Waals surface area contributed by atoms with Crippen molar-refractivity contribution in [3.8, 4) is 0 Å². The highest BCUT2D eigenvalue weighted by Crippen LogP contribution is 2.17. The van der Waals surface area contributed by atoms with Crippen molar-refractivity contribution in [2.45, 2.75) is 25.4 Å². The second-order valence-corrected chi connectivity index (χ2v) is 4.79. The molecule has 0 bridgehead atoms. The van der Waals surface area contributed by atoms with E-state index in [2.05, 4.69) is 10.3 Å². The van der Waals surface area contributed by atoms with E-state index in [1.807, 2.05) is 0 Å². The number of urea groups is 1. The molecule has 6 nitrogen and oxygen atoms in total. The lowest BCUT2D eigenvalue weighted by Gasteiger charge is -2.21. The highest BCUT2D eigenvalue weighted by molar-refractivity contribution is 7.09. The average Bonchev–Trinajstić information content (AvgIpc) is 2.96. The number of carboxylic acid groups (broad SMARTS) is 1. The first-order valence-electron chi connectivity index (χ1n) is 5.33. The first kappa shape index (κ1) is 11.8. The van der Waals surface area contributed by atoms with Crippen molar-refractivity contribution in [1.29, 1.82) is 0 Å². The molecule has 1 fully saturated rings. The Morgan fingerprint density at radius 1 is 1.65 bits per heavy atom. The fourth-order valence-electron chi connectivity index (χ4n) is 1.86. The summed E-state index contributed by atoms with van der Waals surface area (Å²) in [6.45, 7) is 0.901. The maximum atomic E-state index is 11.8. The van der Waals surface area contributed by atoms with Gasteiger partial charge in [0.05, 0.1) is 12.1 Å². The molecule has 1 saturated heterocycles. The molecule has 0 radical (unpaired) electrons. The number of aliphatic carboxylic acids is 1. The summed E-state index contributed by atoms with van der Waals surface area (Å²) in [5.74, 6) is -0.935. The quantitative estimate of drug-likeness (QED) is 0.840. The monoisotopic (exact) mass is 255 g/mol. The zero-order valence-electron chi connectivity index (χ0n) is 9.13. The SMILES string of the molecule is O=C(O)C1CCCN1C(=O)NCc1cncs1. The second kappa shape index (κ2) is 5.13. The largest absolute Gasteiger partial charge is 0.480 e. The summed E-state index contributed by atoms with van der Waals surface area (Å²) in [7, 11) is 0. The molecule has 1 atom stereocenters. The number of nitrogens with zero attached hydrogens (tertiary/aromatic N) is 2. The van der Waals surface area contributed by atoms with Crippen molar-refractivity contribution in [3.63, 3.8) is 0 Å². The van der Waals surface area contributed by atoms with Gasteiger partial charge in [-0.2, -0.15) is 0 Å². The van der Waals surface area contributed by atoms with Crippen LogP contribution in [-0.4, -0.2) is 39.6 Å². The number of amides is 2. The Bertz CT molecular complexity index is 407. The van der Waals surface area contributed by atoms with E-state index in [9.17, 15) is 9.59 Å². The van der Waals surface area contributed by atoms with Crippen molar-refractivity contribution < 1.29 is 14.7 Å². The molecular weight excluding hydrogens is 242 g/mol. The highest BCUT2D eigenvalue weighted by atomic mass is 32.1. The van der Waals surface area contributed by atoms with Gasteiger partial charge in [-0.15, -0.1) is 11.3 Å². The summed E-state index contributed by atoms with van der Waals surface area (Å²) in [4.78, 5) is 28.9. The van der Waals surface area contributed by atoms with Crippen LogP contribution in [0.1, 0.15) is 17.7 Å². The summed E-state index contributed by atoms with van der Waals surface area (Å²) in [6, 6.07) is -1.00. The van der Waals surface area contributed by atoms with Gasteiger partial charge in [0.2, 0.25) is 0 Å². The van der Waals surface area contributed by atoms with E-state index < -0.39 is 12.0 Å². The minimum absolute atomic E-state index is 0.316. The number of nitrogens with one attached hydrogen (secondary N) is 1. The summed E-state index contributed by atoms with van der Waals surface area (Å²) in [5.41, 5.74) is 1.69. The van der Waals surface area contributed by atoms with Crippen LogP contribution >= 0.6 is 11.3 Å². The lowest BCUT2D eigenvalue weighted by molar-refractivity contribution is -0.141. The normalized spacial score (nSPS) is 19.3. The Kier molecular flexibility index (Phi) is 3.58. The number of carbonyl (C=O) groups excluding carboxylic acids is 1. The van der Waals surface area contributed by atoms with Crippen molar-refractivity contribution in [1.82, 2.24) is 15.2 Å². The van der Waals surface area contributed by atoms with Gasteiger partial charge in [0.15, 0.2) is 0 Å². The van der Waals surface area contributed by atoms with Crippen molar-refractivity contribution in [3.05, 3.63) is 16.6 Å². The maximum Gasteiger partial charge on any atom is 0.326 e. The molecule has 7 heteroatoms. The fourth-order valence-corrected chi connectivity index (χ4v) is 2.39. The van der Waals surface area contributed by atoms with E-state index in [0.29, 0.717) is 19.5 Å². The Morgan fingerprint density at radius 3 is 3.12 bits per heavy atom. The molecule has 0 aliphatic carbocycles. The summed E-state index contributed by atoms with van der Waals surface area (Å²) in [6.07, 6.45) is 2.96. The van der Waals surface area contributed by atoms with Crippen LogP contribution in [0.25, 0.3) is 0 Å². The molecule has 2 amide bonds. The molecule has 1 aromatic rings. The third-order valence-corrected chi connectivity index (χ3v) is 3.48. The number of likely N-dealkylation sites (tertiary alicyclic amines) is 1. The Labute approximate surface area is 102 Å². The standard InChI is InChI=1S/C10H13N3O3S/c14-9(15)8-2-1-3-13(8)10(16)12-5-7-4-11-6-17-7/h4,6,8H,1-3,5H2,(H,12,16)(H,14,15). The molecular formula is C10H13N3O3S. The number of rotatable bonds is 3. The highest BCUT2D eigenvalue weighted by Gasteiger charge is 2.33. The van der Waals surface area contributed by atoms with E-state index in [1.165, 1.54) is 16.2 Å². The number of hydrogen-bond donors (Lipinski definition) is 2. The van der Waals surface area contributed by atoms with Crippen molar-refractivity contribution in [2.75, 3.05) is 6.54 Å². The van der Waals surface area contributed by atoms with Crippen LogP contribution in [0.15, 0.2) is 11.7 Å². The number of hydrogen-bond acceptors (Lipinski definition) is 4. The van der Waals surface area contributed by atoms with E-state index in [4.69, 9.17) is 5.11 Å². The van der Waals surface area contributed by atoms with Gasteiger partial charge in [0.1, 0.15) is 6.04 Å². The summed E-state index contributed by atoms with van der Waals surface area (Å²) < 4.78 is 0. The summed E-state index contributed by atoms with van der Waals surface area (Å²) in [5, 5.41) is 11.7. The maximum absolute atomic E-state index is 11.8. The van der Waals surface area contributed by atoms with Crippen LogP contribution in [0, 0.1) is 0 Å². The lowest BCUT2D eigenvalue weighted by Crippen LogP contribution is -2.45. The predicted molar refractivity (Wildman–Crippen MR) is 61.7 cm³/mol. The van der Waals surface area contributed by atoms with Gasteiger partial charge in [-0.1, -0.05) is 0 Å². The predicted octanol–water partition coefficient (Wildman–Crippen LogP) is 0.902. The number of carbonyl (C=O) groups is 2. The molecule has 1 aliphatic rings. The molecule has 92 valence electrons. The zero-order chi connectivity index (χ0) is 12.3. The van der Waals surface area contributed by atoms with Gasteiger partial charge in [0.25, 0.3) is 0 Å². The van der Waals surface area contributed by atoms with E-state index in [1.54, 1.807) is 11.7 Å². The lowest BCUT2D eigenvalue weighted by atomic mass is 10.2. The van der Waals surface area contributed by atoms with Gasteiger partial charge in [-0.05, 0) is 12.8 Å². The molecule has 0 spiro atoms. The molecule has 0 aromatic carbocycles. The van der Waals surface area contributed by atoms with Crippen LogP contribution in [0.3, 0.4) is 0 Å². The van der Waals surface area contributed by atoms with Gasteiger partial charge in [0, 0.05) is 17.6 Å². The Balaban J connectivity index is 1.89. The van der Waals surface area contributed by atoms with Crippen LogP contribution < -0.4 is 5.32 Å². The first-order valence-corrected chi connectivity index (χ1v) is 6.21.